The Bertz CT molecular complexity index is 1500. The van der Waals surface area contributed by atoms with E-state index in [0.717, 1.165) is 0 Å². The normalized spacial score (nSPS) is 35.8. The van der Waals surface area contributed by atoms with Crippen molar-refractivity contribution >= 4 is 120 Å². The first-order valence-electron chi connectivity index (χ1n) is 24.9. The van der Waals surface area contributed by atoms with Gasteiger partial charge in [0.1, 0.15) is 0 Å². The van der Waals surface area contributed by atoms with Gasteiger partial charge in [0.05, 0.1) is 0 Å². The Morgan fingerprint density at radius 3 is 0.456 bits per heavy atom. The third-order valence-corrected chi connectivity index (χ3v) is 70.0. The Hall–Kier alpha value is 2.32. The number of rotatable bonds is 28. The maximum Gasteiger partial charge on any atom is 0.478 e. The molecule has 6 heterocycles. The quantitative estimate of drug-likeness (QED) is 0.0679. The molecule has 400 valence electrons. The van der Waals surface area contributed by atoms with Crippen LogP contribution in [0.3, 0.4) is 0 Å². The van der Waals surface area contributed by atoms with E-state index in [1.165, 1.54) is 0 Å². The van der Waals surface area contributed by atoms with E-state index >= 15 is 0 Å². The molecule has 0 aromatic rings. The molecular formula is C36H92O18Si14. The van der Waals surface area contributed by atoms with Crippen LogP contribution < -0.4 is 0 Å². The van der Waals surface area contributed by atoms with Crippen LogP contribution in [0.2, 0.25) is 163 Å². The molecule has 68 heavy (non-hydrogen) atoms. The van der Waals surface area contributed by atoms with Crippen LogP contribution >= 0.6 is 0 Å². The molecule has 18 nitrogen and oxygen atoms in total. The van der Waals surface area contributed by atoms with Crippen LogP contribution in [0, 0.1) is 0 Å². The minimum Gasteiger partial charge on any atom is -0.420 e. The van der Waals surface area contributed by atoms with Gasteiger partial charge in [-0.1, -0.05) is 26.7 Å². The summed E-state index contributed by atoms with van der Waals surface area (Å²) in [5, 5.41) is 0. The molecule has 0 N–H and O–H groups in total. The maximum absolute atomic E-state index is 8.12. The number of hydrogen-bond acceptors (Lipinski definition) is 18. The van der Waals surface area contributed by atoms with E-state index in [-0.39, 0.29) is 0 Å². The largest absolute Gasteiger partial charge is 0.478 e. The molecule has 0 saturated carbocycles. The van der Waals surface area contributed by atoms with Crippen molar-refractivity contribution in [1.29, 1.82) is 0 Å². The SMILES string of the molecule is CCC[Si]12O[Si]3(CC[Si](C)(C)OC)O[Si]4(CC[Si](C)(C)OC)O[Si](CCC)(O1)O[Si@]1(CC[Si](C)(C)OC)O[Si](CC[Si](C)(C)OC)(O4)O[Si](CC[Si](C)(C)OC)(O3)O[Si@](CC[Si](C)(C)OC)(O2)O1. The lowest BCUT2D eigenvalue weighted by Crippen LogP contribution is -2.88. The van der Waals surface area contributed by atoms with E-state index in [4.69, 9.17) is 75.9 Å². The average molecular weight is 1210 g/mol. The van der Waals surface area contributed by atoms with E-state index in [1.54, 1.807) is 42.7 Å². The smallest absolute Gasteiger partial charge is 0.420 e. The van der Waals surface area contributed by atoms with Crippen LogP contribution in [0.25, 0.3) is 0 Å². The van der Waals surface area contributed by atoms with Crippen LogP contribution in [0.1, 0.15) is 26.7 Å². The highest BCUT2D eigenvalue weighted by Gasteiger charge is 2.83. The van der Waals surface area contributed by atoms with Gasteiger partial charge >= 0.3 is 70.4 Å². The van der Waals surface area contributed by atoms with Gasteiger partial charge in [-0.15, -0.1) is 0 Å². The second-order valence-electron chi connectivity index (χ2n) is 23.0. The Kier molecular flexibility index (Phi) is 20.1. The molecule has 6 saturated heterocycles. The average Bonchev–Trinajstić information content (AvgIpc) is 3.23. The fraction of sp³-hybridized carbons (Fsp3) is 1.00. The Labute approximate surface area is 426 Å². The van der Waals surface area contributed by atoms with Crippen LogP contribution in [-0.2, 0) is 75.9 Å². The van der Waals surface area contributed by atoms with Crippen LogP contribution in [0.15, 0.2) is 0 Å². The van der Waals surface area contributed by atoms with Crippen molar-refractivity contribution in [2.45, 2.75) is 190 Å². The highest BCUT2D eigenvalue weighted by atomic mass is 28.6. The third kappa shape index (κ3) is 15.3. The summed E-state index contributed by atoms with van der Waals surface area (Å²) in [4.78, 5) is 0. The zero-order chi connectivity index (χ0) is 51.0. The third-order valence-electron chi connectivity index (χ3n) is 14.4. The Balaban J connectivity index is 1.99. The van der Waals surface area contributed by atoms with E-state index in [9.17, 15) is 0 Å². The highest BCUT2D eigenvalue weighted by Crippen LogP contribution is 2.56. The van der Waals surface area contributed by atoms with Crippen molar-refractivity contribution in [3.8, 4) is 0 Å². The molecule has 0 amide bonds. The number of hydrogen-bond donors (Lipinski definition) is 0. The van der Waals surface area contributed by atoms with Crippen molar-refractivity contribution in [3.63, 3.8) is 0 Å². The van der Waals surface area contributed by atoms with Crippen molar-refractivity contribution in [2.75, 3.05) is 42.7 Å². The first kappa shape index (κ1) is 61.2. The standard InChI is InChI=1S/C36H92O18Si14/c1-21-23-61-43-62(24-22-2)46-65(33-27-57(13,14)39-5)48-63(44-61,31-25-55(9,10)37-3)50-67(35-29-59(17,18)41-7)51-64(45-61,32-26-56(11,12)38-4)49-66(47-62,34-28-58(15,16)40-6)53-68(52-65,54-67)36-30-60(19,20)42-8/h21-36H2,1-20H3/t61?,62?,63-,64?,65+,66?,67?,68?. The first-order chi connectivity index (χ1) is 31.2. The zero-order valence-electron chi connectivity index (χ0n) is 45.7. The minimum absolute atomic E-state index is 0.377. The summed E-state index contributed by atoms with van der Waals surface area (Å²) in [5.74, 6) is 0. The zero-order valence-corrected chi connectivity index (χ0v) is 59.7. The van der Waals surface area contributed by atoms with Crippen LogP contribution in [0.4, 0.5) is 0 Å². The molecule has 6 aliphatic rings. The second kappa shape index (κ2) is 22.3. The van der Waals surface area contributed by atoms with Gasteiger partial charge in [0.2, 0.25) is 0 Å². The van der Waals surface area contributed by atoms with E-state index in [2.05, 4.69) is 92.4 Å². The van der Waals surface area contributed by atoms with Crippen molar-refractivity contribution < 1.29 is 75.9 Å². The molecule has 0 aromatic carbocycles. The predicted molar refractivity (Wildman–Crippen MR) is 294 cm³/mol. The Morgan fingerprint density at radius 1 is 0.235 bits per heavy atom. The summed E-state index contributed by atoms with van der Waals surface area (Å²) < 4.78 is 134. The molecule has 0 aromatic heterocycles. The Morgan fingerprint density at radius 2 is 0.353 bits per heavy atom. The van der Waals surface area contributed by atoms with Crippen LogP contribution in [0.5, 0.6) is 0 Å². The molecule has 0 spiro atoms. The summed E-state index contributed by atoms with van der Waals surface area (Å²) in [6, 6.07) is 7.08. The second-order valence-corrected chi connectivity index (χ2v) is 74.3. The van der Waals surface area contributed by atoms with Crippen molar-refractivity contribution in [3.05, 3.63) is 0 Å². The fourth-order valence-corrected chi connectivity index (χ4v) is 78.3. The maximum atomic E-state index is 8.12. The van der Waals surface area contributed by atoms with E-state index < -0.39 is 120 Å². The van der Waals surface area contributed by atoms with Gasteiger partial charge in [0.25, 0.3) is 0 Å². The van der Waals surface area contributed by atoms with Gasteiger partial charge in [0.15, 0.2) is 49.9 Å². The molecule has 6 fully saturated rings. The lowest BCUT2D eigenvalue weighted by atomic mass is 10.6. The van der Waals surface area contributed by atoms with Gasteiger partial charge in [-0.3, -0.25) is 0 Å². The summed E-state index contributed by atoms with van der Waals surface area (Å²) in [7, 11) is -36.3. The fourth-order valence-electron chi connectivity index (χ4n) is 8.52. The molecular weight excluding hydrogens is 1110 g/mol. The molecule has 32 heteroatoms. The van der Waals surface area contributed by atoms with Gasteiger partial charge in [-0.25, -0.2) is 0 Å². The molecule has 6 unspecified atom stereocenters. The summed E-state index contributed by atoms with van der Waals surface area (Å²) in [6.45, 7) is 30.7. The van der Waals surface area contributed by atoms with Gasteiger partial charge < -0.3 is 75.9 Å². The molecule has 6 aliphatic heterocycles. The van der Waals surface area contributed by atoms with Gasteiger partial charge in [-0.2, -0.15) is 0 Å². The molecule has 6 rings (SSSR count). The van der Waals surface area contributed by atoms with Crippen molar-refractivity contribution in [2.24, 2.45) is 0 Å². The monoisotopic (exact) mass is 1200 g/mol. The van der Waals surface area contributed by atoms with Gasteiger partial charge in [-0.05, 0) is 115 Å². The molecule has 0 aliphatic carbocycles. The lowest BCUT2D eigenvalue weighted by molar-refractivity contribution is -0.0295. The van der Waals surface area contributed by atoms with E-state index in [0.29, 0.717) is 97.5 Å². The minimum atomic E-state index is -4.21. The summed E-state index contributed by atoms with van der Waals surface area (Å²) in [6.07, 6.45) is 1.35. The molecule has 8 atom stereocenters. The topological polar surface area (TPSA) is 166 Å². The van der Waals surface area contributed by atoms with Gasteiger partial charge in [0, 0.05) is 91.0 Å². The summed E-state index contributed by atoms with van der Waals surface area (Å²) >= 11 is 0. The van der Waals surface area contributed by atoms with Crippen molar-refractivity contribution in [1.82, 2.24) is 0 Å². The molecule has 8 bridgehead atoms. The molecule has 0 radical (unpaired) electrons. The lowest BCUT2D eigenvalue weighted by Gasteiger charge is -2.63. The highest BCUT2D eigenvalue weighted by molar-refractivity contribution is 7.04. The summed E-state index contributed by atoms with van der Waals surface area (Å²) in [5.41, 5.74) is 0. The van der Waals surface area contributed by atoms with Crippen LogP contribution in [-0.4, -0.2) is 163 Å². The predicted octanol–water partition coefficient (Wildman–Crippen LogP) is 9.69. The first-order valence-corrected chi connectivity index (χ1v) is 59.1. The van der Waals surface area contributed by atoms with E-state index in [1.807, 2.05) is 0 Å².